The van der Waals surface area contributed by atoms with Crippen LogP contribution in [-0.4, -0.2) is 15.8 Å². The van der Waals surface area contributed by atoms with Crippen molar-refractivity contribution in [3.63, 3.8) is 0 Å². The van der Waals surface area contributed by atoms with Gasteiger partial charge in [0.1, 0.15) is 0 Å². The van der Waals surface area contributed by atoms with E-state index in [0.717, 1.165) is 27.9 Å². The van der Waals surface area contributed by atoms with Crippen molar-refractivity contribution < 1.29 is 4.79 Å². The number of amides is 1. The fourth-order valence-corrected chi connectivity index (χ4v) is 3.02. The second kappa shape index (κ2) is 4.75. The van der Waals surface area contributed by atoms with Crippen LogP contribution in [0.25, 0.3) is 0 Å². The maximum Gasteiger partial charge on any atom is 0.255 e. The third-order valence-electron chi connectivity index (χ3n) is 3.86. The molecule has 0 atom stereocenters. The average molecular weight is 266 g/mol. The van der Waals surface area contributed by atoms with Crippen molar-refractivity contribution in [2.75, 3.05) is 0 Å². The molecule has 0 saturated heterocycles. The van der Waals surface area contributed by atoms with Crippen molar-refractivity contribution in [3.8, 4) is 0 Å². The Labute approximate surface area is 119 Å². The molecular weight excluding hydrogens is 248 g/mol. The molecule has 0 saturated carbocycles. The fraction of sp³-hybridized carbons (Fsp3) is 0.294. The lowest BCUT2D eigenvalue weighted by atomic mass is 9.99. The van der Waals surface area contributed by atoms with Crippen LogP contribution >= 0.6 is 0 Å². The maximum absolute atomic E-state index is 12.8. The van der Waals surface area contributed by atoms with Crippen LogP contribution in [0.3, 0.4) is 0 Å². The van der Waals surface area contributed by atoms with Gasteiger partial charge < -0.3 is 4.90 Å². The Balaban J connectivity index is 1.93. The molecular formula is C17H18N2O. The Bertz CT molecular complexity index is 643. The molecule has 1 aliphatic heterocycles. The maximum atomic E-state index is 12.8. The lowest BCUT2D eigenvalue weighted by Gasteiger charge is -2.18. The highest BCUT2D eigenvalue weighted by molar-refractivity contribution is 5.97. The second-order valence-electron chi connectivity index (χ2n) is 5.54. The molecule has 0 aliphatic carbocycles. The first-order valence-electron chi connectivity index (χ1n) is 6.86. The predicted molar refractivity (Wildman–Crippen MR) is 78.5 cm³/mol. The van der Waals surface area contributed by atoms with Crippen LogP contribution in [-0.2, 0) is 13.1 Å². The van der Waals surface area contributed by atoms with Gasteiger partial charge in [-0.1, -0.05) is 23.8 Å². The summed E-state index contributed by atoms with van der Waals surface area (Å²) in [6.07, 6.45) is 1.79. The van der Waals surface area contributed by atoms with Crippen molar-refractivity contribution in [1.29, 1.82) is 0 Å². The summed E-state index contributed by atoms with van der Waals surface area (Å²) >= 11 is 0. The number of carbonyl (C=O) groups excluding carboxylic acids is 1. The first kappa shape index (κ1) is 12.9. The Hall–Kier alpha value is -2.16. The largest absolute Gasteiger partial charge is 0.328 e. The number of aromatic nitrogens is 1. The van der Waals surface area contributed by atoms with E-state index < -0.39 is 0 Å². The van der Waals surface area contributed by atoms with Gasteiger partial charge in [0, 0.05) is 18.3 Å². The molecule has 0 radical (unpaired) electrons. The molecule has 2 heterocycles. The van der Waals surface area contributed by atoms with Crippen LogP contribution < -0.4 is 0 Å². The smallest absolute Gasteiger partial charge is 0.255 e. The minimum Gasteiger partial charge on any atom is -0.328 e. The van der Waals surface area contributed by atoms with E-state index in [9.17, 15) is 4.79 Å². The van der Waals surface area contributed by atoms with E-state index in [1.807, 2.05) is 30.9 Å². The van der Waals surface area contributed by atoms with Crippen LogP contribution in [0.5, 0.6) is 0 Å². The molecule has 0 N–H and O–H groups in total. The minimum atomic E-state index is 0.109. The van der Waals surface area contributed by atoms with E-state index in [4.69, 9.17) is 0 Å². The summed E-state index contributed by atoms with van der Waals surface area (Å²) in [5.41, 5.74) is 6.31. The summed E-state index contributed by atoms with van der Waals surface area (Å²) in [4.78, 5) is 19.0. The molecule has 0 fully saturated rings. The van der Waals surface area contributed by atoms with Gasteiger partial charge >= 0.3 is 0 Å². The minimum absolute atomic E-state index is 0.109. The third kappa shape index (κ3) is 2.09. The quantitative estimate of drug-likeness (QED) is 0.794. The van der Waals surface area contributed by atoms with E-state index >= 15 is 0 Å². The number of carbonyl (C=O) groups is 1. The third-order valence-corrected chi connectivity index (χ3v) is 3.86. The van der Waals surface area contributed by atoms with E-state index in [2.05, 4.69) is 24.0 Å². The van der Waals surface area contributed by atoms with Crippen molar-refractivity contribution in [2.24, 2.45) is 0 Å². The number of rotatable bonds is 1. The number of nitrogens with zero attached hydrogens (tertiary/aromatic N) is 2. The summed E-state index contributed by atoms with van der Waals surface area (Å²) in [5.74, 6) is 0.109. The second-order valence-corrected chi connectivity index (χ2v) is 5.54. The molecule has 1 aromatic heterocycles. The number of aryl methyl sites for hydroxylation is 3. The SMILES string of the molecule is Cc1cc(C)c(C(=O)N2Cc3cccnc3C2)c(C)c1. The van der Waals surface area contributed by atoms with Gasteiger partial charge in [-0.3, -0.25) is 9.78 Å². The molecule has 0 spiro atoms. The Morgan fingerprint density at radius 1 is 1.15 bits per heavy atom. The summed E-state index contributed by atoms with van der Waals surface area (Å²) in [7, 11) is 0. The Morgan fingerprint density at radius 3 is 2.50 bits per heavy atom. The van der Waals surface area contributed by atoms with E-state index in [1.165, 1.54) is 5.56 Å². The molecule has 2 aromatic rings. The number of hydrogen-bond donors (Lipinski definition) is 0. The average Bonchev–Trinajstić information content (AvgIpc) is 2.81. The normalized spacial score (nSPS) is 13.4. The van der Waals surface area contributed by atoms with E-state index in [-0.39, 0.29) is 5.91 Å². The zero-order chi connectivity index (χ0) is 14.3. The molecule has 3 nitrogen and oxygen atoms in total. The Kier molecular flexibility index (Phi) is 3.05. The van der Waals surface area contributed by atoms with Crippen LogP contribution in [0.1, 0.15) is 38.3 Å². The standard InChI is InChI=1S/C17H18N2O/c1-11-7-12(2)16(13(3)8-11)17(20)19-9-14-5-4-6-18-15(14)10-19/h4-8H,9-10H2,1-3H3. The molecule has 3 heteroatoms. The molecule has 1 aromatic carbocycles. The number of pyridine rings is 1. The van der Waals surface area contributed by atoms with Gasteiger partial charge in [-0.15, -0.1) is 0 Å². The van der Waals surface area contributed by atoms with Gasteiger partial charge in [0.15, 0.2) is 0 Å². The molecule has 20 heavy (non-hydrogen) atoms. The first-order chi connectivity index (χ1) is 9.56. The topological polar surface area (TPSA) is 33.2 Å². The lowest BCUT2D eigenvalue weighted by molar-refractivity contribution is 0.0749. The van der Waals surface area contributed by atoms with Crippen LogP contribution in [0.15, 0.2) is 30.5 Å². The van der Waals surface area contributed by atoms with Gasteiger partial charge in [-0.25, -0.2) is 0 Å². The molecule has 0 unspecified atom stereocenters. The van der Waals surface area contributed by atoms with Crippen molar-refractivity contribution in [3.05, 3.63) is 64.0 Å². The lowest BCUT2D eigenvalue weighted by Crippen LogP contribution is -2.27. The highest BCUT2D eigenvalue weighted by atomic mass is 16.2. The number of hydrogen-bond acceptors (Lipinski definition) is 2. The zero-order valence-electron chi connectivity index (χ0n) is 12.1. The van der Waals surface area contributed by atoms with E-state index in [0.29, 0.717) is 13.1 Å². The van der Waals surface area contributed by atoms with Gasteiger partial charge in [-0.05, 0) is 43.5 Å². The van der Waals surface area contributed by atoms with Crippen molar-refractivity contribution >= 4 is 5.91 Å². The van der Waals surface area contributed by atoms with Gasteiger partial charge in [0.25, 0.3) is 5.91 Å². The van der Waals surface area contributed by atoms with Gasteiger partial charge in [0.2, 0.25) is 0 Å². The van der Waals surface area contributed by atoms with Gasteiger partial charge in [-0.2, -0.15) is 0 Å². The molecule has 0 bridgehead atoms. The van der Waals surface area contributed by atoms with Crippen LogP contribution in [0.2, 0.25) is 0 Å². The number of fused-ring (bicyclic) bond motifs is 1. The predicted octanol–water partition coefficient (Wildman–Crippen LogP) is 3.16. The molecule has 1 aliphatic rings. The first-order valence-corrected chi connectivity index (χ1v) is 6.86. The summed E-state index contributed by atoms with van der Waals surface area (Å²) in [5, 5.41) is 0. The highest BCUT2D eigenvalue weighted by Crippen LogP contribution is 2.25. The molecule has 1 amide bonds. The van der Waals surface area contributed by atoms with Crippen molar-refractivity contribution in [1.82, 2.24) is 9.88 Å². The summed E-state index contributed by atoms with van der Waals surface area (Å²) in [6, 6.07) is 8.11. The molecule has 102 valence electrons. The van der Waals surface area contributed by atoms with Crippen LogP contribution in [0.4, 0.5) is 0 Å². The fourth-order valence-electron chi connectivity index (χ4n) is 3.02. The zero-order valence-corrected chi connectivity index (χ0v) is 12.1. The van der Waals surface area contributed by atoms with Crippen molar-refractivity contribution in [2.45, 2.75) is 33.9 Å². The molecule has 3 rings (SSSR count). The summed E-state index contributed by atoms with van der Waals surface area (Å²) in [6.45, 7) is 7.35. The number of benzene rings is 1. The van der Waals surface area contributed by atoms with Crippen LogP contribution in [0, 0.1) is 20.8 Å². The van der Waals surface area contributed by atoms with E-state index in [1.54, 1.807) is 6.20 Å². The highest BCUT2D eigenvalue weighted by Gasteiger charge is 2.26. The monoisotopic (exact) mass is 266 g/mol. The Morgan fingerprint density at radius 2 is 1.85 bits per heavy atom. The van der Waals surface area contributed by atoms with Gasteiger partial charge in [0.05, 0.1) is 12.2 Å². The summed E-state index contributed by atoms with van der Waals surface area (Å²) < 4.78 is 0.